The van der Waals surface area contributed by atoms with Crippen LogP contribution in [0, 0.1) is 0 Å². The predicted molar refractivity (Wildman–Crippen MR) is 85.6 cm³/mol. The maximum absolute atomic E-state index is 9.31. The number of benzene rings is 2. The quantitative estimate of drug-likeness (QED) is 0.643. The first-order chi connectivity index (χ1) is 10.1. The standard InChI is InChI=1S/C16H18N4O/c1-20(12-3-5-13(21)6-4-12)9-8-16-18-14-7-2-11(17)10-15(14)19-16/h2-7,10,21H,8-9,17H2,1H3,(H,18,19). The molecule has 5 nitrogen and oxygen atoms in total. The highest BCUT2D eigenvalue weighted by Crippen LogP contribution is 2.18. The summed E-state index contributed by atoms with van der Waals surface area (Å²) >= 11 is 0. The van der Waals surface area contributed by atoms with Crippen LogP contribution < -0.4 is 10.6 Å². The van der Waals surface area contributed by atoms with Gasteiger partial charge in [-0.2, -0.15) is 0 Å². The number of nitrogens with one attached hydrogen (secondary N) is 1. The number of nitrogen functional groups attached to an aromatic ring is 1. The summed E-state index contributed by atoms with van der Waals surface area (Å²) in [6, 6.07) is 12.9. The molecular weight excluding hydrogens is 264 g/mol. The molecule has 21 heavy (non-hydrogen) atoms. The van der Waals surface area contributed by atoms with E-state index in [4.69, 9.17) is 5.73 Å². The summed E-state index contributed by atoms with van der Waals surface area (Å²) in [5, 5.41) is 9.31. The first-order valence-corrected chi connectivity index (χ1v) is 6.86. The van der Waals surface area contributed by atoms with Gasteiger partial charge in [-0.1, -0.05) is 0 Å². The molecule has 4 N–H and O–H groups in total. The maximum atomic E-state index is 9.31. The number of phenolic OH excluding ortho intramolecular Hbond substituents is 1. The number of nitrogens with zero attached hydrogens (tertiary/aromatic N) is 2. The van der Waals surface area contributed by atoms with E-state index < -0.39 is 0 Å². The lowest BCUT2D eigenvalue weighted by Crippen LogP contribution is -2.20. The smallest absolute Gasteiger partial charge is 0.115 e. The van der Waals surface area contributed by atoms with E-state index in [9.17, 15) is 5.11 Å². The molecular formula is C16H18N4O. The minimum atomic E-state index is 0.280. The second-order valence-electron chi connectivity index (χ2n) is 5.15. The van der Waals surface area contributed by atoms with Crippen LogP contribution in [0.15, 0.2) is 42.5 Å². The van der Waals surface area contributed by atoms with Crippen molar-refractivity contribution in [2.75, 3.05) is 24.2 Å². The van der Waals surface area contributed by atoms with E-state index in [1.165, 1.54) is 0 Å². The van der Waals surface area contributed by atoms with Crippen LogP contribution in [-0.2, 0) is 6.42 Å². The third-order valence-electron chi connectivity index (χ3n) is 3.53. The van der Waals surface area contributed by atoms with Crippen molar-refractivity contribution in [2.45, 2.75) is 6.42 Å². The number of likely N-dealkylation sites (N-methyl/N-ethyl adjacent to an activating group) is 1. The Bertz CT molecular complexity index is 749. The van der Waals surface area contributed by atoms with E-state index in [0.717, 1.165) is 41.2 Å². The molecule has 0 saturated carbocycles. The number of aromatic amines is 1. The molecule has 0 saturated heterocycles. The van der Waals surface area contributed by atoms with Crippen LogP contribution in [-0.4, -0.2) is 28.7 Å². The van der Waals surface area contributed by atoms with Gasteiger partial charge in [-0.3, -0.25) is 0 Å². The average molecular weight is 282 g/mol. The lowest BCUT2D eigenvalue weighted by Gasteiger charge is -2.18. The number of aromatic hydroxyl groups is 1. The van der Waals surface area contributed by atoms with E-state index in [1.54, 1.807) is 12.1 Å². The van der Waals surface area contributed by atoms with Crippen LogP contribution in [0.5, 0.6) is 5.75 Å². The van der Waals surface area contributed by atoms with Crippen LogP contribution in [0.3, 0.4) is 0 Å². The summed E-state index contributed by atoms with van der Waals surface area (Å²) in [5.74, 6) is 1.23. The molecule has 0 aliphatic heterocycles. The van der Waals surface area contributed by atoms with E-state index in [2.05, 4.69) is 14.9 Å². The fraction of sp³-hybridized carbons (Fsp3) is 0.188. The van der Waals surface area contributed by atoms with Crippen molar-refractivity contribution >= 4 is 22.4 Å². The lowest BCUT2D eigenvalue weighted by molar-refractivity contribution is 0.475. The van der Waals surface area contributed by atoms with E-state index >= 15 is 0 Å². The molecule has 3 aromatic rings. The number of imidazole rings is 1. The highest BCUT2D eigenvalue weighted by Gasteiger charge is 2.06. The van der Waals surface area contributed by atoms with Crippen molar-refractivity contribution in [1.82, 2.24) is 9.97 Å². The molecule has 0 aliphatic rings. The molecule has 5 heteroatoms. The van der Waals surface area contributed by atoms with Gasteiger partial charge in [0.05, 0.1) is 11.0 Å². The van der Waals surface area contributed by atoms with Gasteiger partial charge in [0.25, 0.3) is 0 Å². The normalized spacial score (nSPS) is 10.9. The Kier molecular flexibility index (Phi) is 3.39. The topological polar surface area (TPSA) is 78.2 Å². The Morgan fingerprint density at radius 2 is 1.95 bits per heavy atom. The molecule has 108 valence electrons. The first kappa shape index (κ1) is 13.3. The van der Waals surface area contributed by atoms with Gasteiger partial charge in [0.2, 0.25) is 0 Å². The molecule has 0 radical (unpaired) electrons. The van der Waals surface area contributed by atoms with Gasteiger partial charge >= 0.3 is 0 Å². The van der Waals surface area contributed by atoms with Crippen molar-refractivity contribution < 1.29 is 5.11 Å². The lowest BCUT2D eigenvalue weighted by atomic mass is 10.2. The summed E-state index contributed by atoms with van der Waals surface area (Å²) in [6.07, 6.45) is 0.811. The van der Waals surface area contributed by atoms with Gasteiger partial charge in [-0.05, 0) is 42.5 Å². The van der Waals surface area contributed by atoms with Crippen molar-refractivity contribution in [3.63, 3.8) is 0 Å². The molecule has 0 unspecified atom stereocenters. The number of nitrogens with two attached hydrogens (primary N) is 1. The highest BCUT2D eigenvalue weighted by molar-refractivity contribution is 5.78. The number of hydrogen-bond acceptors (Lipinski definition) is 4. The molecule has 0 amide bonds. The molecule has 3 rings (SSSR count). The zero-order valence-electron chi connectivity index (χ0n) is 11.9. The summed E-state index contributed by atoms with van der Waals surface area (Å²) in [4.78, 5) is 9.98. The Hall–Kier alpha value is -2.69. The molecule has 0 atom stereocenters. The predicted octanol–water partition coefficient (Wildman–Crippen LogP) is 2.53. The monoisotopic (exact) mass is 282 g/mol. The number of phenols is 1. The molecule has 0 aliphatic carbocycles. The number of aromatic nitrogens is 2. The summed E-state index contributed by atoms with van der Waals surface area (Å²) < 4.78 is 0. The number of H-pyrrole nitrogens is 1. The van der Waals surface area contributed by atoms with Gasteiger partial charge < -0.3 is 20.7 Å². The van der Waals surface area contributed by atoms with Crippen LogP contribution in [0.1, 0.15) is 5.82 Å². The van der Waals surface area contributed by atoms with E-state index in [-0.39, 0.29) is 5.75 Å². The highest BCUT2D eigenvalue weighted by atomic mass is 16.3. The van der Waals surface area contributed by atoms with E-state index in [1.807, 2.05) is 37.4 Å². The Morgan fingerprint density at radius 1 is 1.19 bits per heavy atom. The summed E-state index contributed by atoms with van der Waals surface area (Å²) in [6.45, 7) is 0.833. The molecule has 2 aromatic carbocycles. The SMILES string of the molecule is CN(CCc1nc2ccc(N)cc2[nH]1)c1ccc(O)cc1. The minimum Gasteiger partial charge on any atom is -0.508 e. The van der Waals surface area contributed by atoms with Crippen molar-refractivity contribution in [2.24, 2.45) is 0 Å². The van der Waals surface area contributed by atoms with Crippen molar-refractivity contribution in [1.29, 1.82) is 0 Å². The zero-order chi connectivity index (χ0) is 14.8. The number of fused-ring (bicyclic) bond motifs is 1. The van der Waals surface area contributed by atoms with Gasteiger partial charge in [0.1, 0.15) is 11.6 Å². The molecule has 1 aromatic heterocycles. The van der Waals surface area contributed by atoms with Crippen LogP contribution in [0.2, 0.25) is 0 Å². The number of hydrogen-bond donors (Lipinski definition) is 3. The molecule has 0 fully saturated rings. The fourth-order valence-corrected chi connectivity index (χ4v) is 2.31. The first-order valence-electron chi connectivity index (χ1n) is 6.86. The molecule has 0 bridgehead atoms. The number of rotatable bonds is 4. The Labute approximate surface area is 123 Å². The summed E-state index contributed by atoms with van der Waals surface area (Å²) in [5.41, 5.74) is 9.47. The van der Waals surface area contributed by atoms with Gasteiger partial charge in [0, 0.05) is 31.4 Å². The number of anilines is 2. The van der Waals surface area contributed by atoms with Crippen LogP contribution in [0.4, 0.5) is 11.4 Å². The third-order valence-corrected chi connectivity index (χ3v) is 3.53. The van der Waals surface area contributed by atoms with Crippen molar-refractivity contribution in [3.05, 3.63) is 48.3 Å². The van der Waals surface area contributed by atoms with Crippen molar-refractivity contribution in [3.8, 4) is 5.75 Å². The zero-order valence-corrected chi connectivity index (χ0v) is 11.9. The fourth-order valence-electron chi connectivity index (χ4n) is 2.31. The molecule has 1 heterocycles. The average Bonchev–Trinajstić information content (AvgIpc) is 2.87. The van der Waals surface area contributed by atoms with Gasteiger partial charge in [-0.15, -0.1) is 0 Å². The second kappa shape index (κ2) is 5.36. The largest absolute Gasteiger partial charge is 0.508 e. The molecule has 0 spiro atoms. The Morgan fingerprint density at radius 3 is 2.71 bits per heavy atom. The van der Waals surface area contributed by atoms with E-state index in [0.29, 0.717) is 0 Å². The third kappa shape index (κ3) is 2.91. The van der Waals surface area contributed by atoms with Crippen LogP contribution in [0.25, 0.3) is 11.0 Å². The minimum absolute atomic E-state index is 0.280. The summed E-state index contributed by atoms with van der Waals surface area (Å²) in [7, 11) is 2.02. The Balaban J connectivity index is 1.69. The van der Waals surface area contributed by atoms with Crippen LogP contribution >= 0.6 is 0 Å². The second-order valence-corrected chi connectivity index (χ2v) is 5.15. The van der Waals surface area contributed by atoms with Gasteiger partial charge in [-0.25, -0.2) is 4.98 Å². The van der Waals surface area contributed by atoms with Gasteiger partial charge in [0.15, 0.2) is 0 Å². The maximum Gasteiger partial charge on any atom is 0.115 e.